The van der Waals surface area contributed by atoms with Gasteiger partial charge in [0.2, 0.25) is 0 Å². The van der Waals surface area contributed by atoms with Crippen LogP contribution in [0.15, 0.2) is 36.4 Å². The predicted molar refractivity (Wildman–Crippen MR) is 60.8 cm³/mol. The van der Waals surface area contributed by atoms with E-state index in [-0.39, 0.29) is 11.4 Å². The zero-order valence-electron chi connectivity index (χ0n) is 9.42. The Morgan fingerprint density at radius 3 is 1.17 bits per heavy atom. The SMILES string of the molecule is CN(c1cc(F)cc(F)c1)c1cc(F)cc(F)c1. The predicted octanol–water partition coefficient (Wildman–Crippen LogP) is 4.01. The molecule has 2 aromatic rings. The van der Waals surface area contributed by atoms with Crippen molar-refractivity contribution in [1.29, 1.82) is 0 Å². The van der Waals surface area contributed by atoms with E-state index in [9.17, 15) is 17.6 Å². The maximum Gasteiger partial charge on any atom is 0.128 e. The Morgan fingerprint density at radius 1 is 0.611 bits per heavy atom. The van der Waals surface area contributed by atoms with Gasteiger partial charge >= 0.3 is 0 Å². The monoisotopic (exact) mass is 255 g/mol. The van der Waals surface area contributed by atoms with Gasteiger partial charge in [-0.2, -0.15) is 0 Å². The van der Waals surface area contributed by atoms with Crippen molar-refractivity contribution >= 4 is 11.4 Å². The quantitative estimate of drug-likeness (QED) is 0.733. The molecule has 18 heavy (non-hydrogen) atoms. The molecule has 0 spiro atoms. The molecule has 0 aromatic heterocycles. The lowest BCUT2D eigenvalue weighted by Gasteiger charge is -2.19. The summed E-state index contributed by atoms with van der Waals surface area (Å²) in [6.45, 7) is 0. The van der Waals surface area contributed by atoms with Crippen LogP contribution in [0, 0.1) is 23.3 Å². The van der Waals surface area contributed by atoms with E-state index in [1.54, 1.807) is 0 Å². The zero-order valence-corrected chi connectivity index (χ0v) is 9.42. The minimum absolute atomic E-state index is 0.164. The van der Waals surface area contributed by atoms with E-state index in [4.69, 9.17) is 0 Å². The molecule has 0 heterocycles. The first-order valence-electron chi connectivity index (χ1n) is 5.11. The number of halogens is 4. The number of benzene rings is 2. The molecule has 0 aliphatic rings. The molecule has 0 saturated carbocycles. The van der Waals surface area contributed by atoms with Crippen LogP contribution in [0.5, 0.6) is 0 Å². The van der Waals surface area contributed by atoms with E-state index >= 15 is 0 Å². The Morgan fingerprint density at radius 2 is 0.889 bits per heavy atom. The number of hydrogen-bond donors (Lipinski definition) is 0. The average molecular weight is 255 g/mol. The Balaban J connectivity index is 2.43. The third-order valence-electron chi connectivity index (χ3n) is 2.47. The van der Waals surface area contributed by atoms with Gasteiger partial charge in [0.1, 0.15) is 23.3 Å². The lowest BCUT2D eigenvalue weighted by atomic mass is 10.2. The molecule has 0 radical (unpaired) electrons. The van der Waals surface area contributed by atoms with Crippen molar-refractivity contribution in [2.24, 2.45) is 0 Å². The fourth-order valence-electron chi connectivity index (χ4n) is 1.61. The molecule has 2 aromatic carbocycles. The second-order valence-electron chi connectivity index (χ2n) is 3.81. The van der Waals surface area contributed by atoms with Gasteiger partial charge in [0.25, 0.3) is 0 Å². The van der Waals surface area contributed by atoms with Crippen LogP contribution in [-0.2, 0) is 0 Å². The van der Waals surface area contributed by atoms with Crippen LogP contribution in [0.4, 0.5) is 28.9 Å². The van der Waals surface area contributed by atoms with E-state index in [2.05, 4.69) is 0 Å². The van der Waals surface area contributed by atoms with Gasteiger partial charge in [-0.15, -0.1) is 0 Å². The highest BCUT2D eigenvalue weighted by Gasteiger charge is 2.09. The van der Waals surface area contributed by atoms with Crippen LogP contribution >= 0.6 is 0 Å². The number of rotatable bonds is 2. The maximum absolute atomic E-state index is 13.0. The minimum atomic E-state index is -0.756. The molecule has 0 aliphatic heterocycles. The summed E-state index contributed by atoms with van der Waals surface area (Å²) in [5.41, 5.74) is 0.329. The first-order chi connectivity index (χ1) is 8.45. The molecule has 94 valence electrons. The van der Waals surface area contributed by atoms with Gasteiger partial charge in [-0.05, 0) is 24.3 Å². The average Bonchev–Trinajstić information content (AvgIpc) is 2.25. The molecule has 2 rings (SSSR count). The van der Waals surface area contributed by atoms with Crippen molar-refractivity contribution < 1.29 is 17.6 Å². The molecule has 0 bridgehead atoms. The first-order valence-corrected chi connectivity index (χ1v) is 5.11. The second kappa shape index (κ2) is 4.68. The molecule has 0 saturated heterocycles. The minimum Gasteiger partial charge on any atom is -0.344 e. The van der Waals surface area contributed by atoms with E-state index in [0.717, 1.165) is 36.4 Å². The Bertz CT molecular complexity index is 491. The molecule has 0 amide bonds. The smallest absolute Gasteiger partial charge is 0.128 e. The molecule has 5 heteroatoms. The number of anilines is 2. The molecule has 0 atom stereocenters. The fourth-order valence-corrected chi connectivity index (χ4v) is 1.61. The molecular formula is C13H9F4N. The fraction of sp³-hybridized carbons (Fsp3) is 0.0769. The summed E-state index contributed by atoms with van der Waals surface area (Å²) < 4.78 is 52.2. The summed E-state index contributed by atoms with van der Waals surface area (Å²) >= 11 is 0. The third-order valence-corrected chi connectivity index (χ3v) is 2.47. The summed E-state index contributed by atoms with van der Waals surface area (Å²) in [7, 11) is 1.46. The second-order valence-corrected chi connectivity index (χ2v) is 3.81. The summed E-state index contributed by atoms with van der Waals surface area (Å²) in [6.07, 6.45) is 0. The molecule has 0 fully saturated rings. The third kappa shape index (κ3) is 2.61. The first kappa shape index (κ1) is 12.4. The summed E-state index contributed by atoms with van der Waals surface area (Å²) in [6, 6.07) is 5.75. The highest BCUT2D eigenvalue weighted by Crippen LogP contribution is 2.26. The number of nitrogens with zero attached hydrogens (tertiary/aromatic N) is 1. The lowest BCUT2D eigenvalue weighted by molar-refractivity contribution is 0.582. The van der Waals surface area contributed by atoms with Gasteiger partial charge in [0.05, 0.1) is 0 Å². The lowest BCUT2D eigenvalue weighted by Crippen LogP contribution is -2.10. The molecule has 0 N–H and O–H groups in total. The normalized spacial score (nSPS) is 10.5. The summed E-state index contributed by atoms with van der Waals surface area (Å²) in [5, 5.41) is 0. The van der Waals surface area contributed by atoms with Crippen molar-refractivity contribution in [3.05, 3.63) is 59.7 Å². The Kier molecular flexibility index (Phi) is 3.23. The van der Waals surface area contributed by atoms with Gasteiger partial charge in [-0.3, -0.25) is 0 Å². The molecular weight excluding hydrogens is 246 g/mol. The topological polar surface area (TPSA) is 3.24 Å². The van der Waals surface area contributed by atoms with Crippen LogP contribution in [-0.4, -0.2) is 7.05 Å². The van der Waals surface area contributed by atoms with Crippen LogP contribution in [0.1, 0.15) is 0 Å². The molecule has 1 nitrogen and oxygen atoms in total. The van der Waals surface area contributed by atoms with Crippen molar-refractivity contribution in [2.75, 3.05) is 11.9 Å². The van der Waals surface area contributed by atoms with Gasteiger partial charge in [-0.1, -0.05) is 0 Å². The van der Waals surface area contributed by atoms with Crippen molar-refractivity contribution in [3.8, 4) is 0 Å². The Hall–Kier alpha value is -2.04. The van der Waals surface area contributed by atoms with E-state index in [1.807, 2.05) is 0 Å². The van der Waals surface area contributed by atoms with E-state index in [1.165, 1.54) is 11.9 Å². The highest BCUT2D eigenvalue weighted by atomic mass is 19.1. The van der Waals surface area contributed by atoms with Crippen LogP contribution in [0.2, 0.25) is 0 Å². The summed E-state index contributed by atoms with van der Waals surface area (Å²) in [4.78, 5) is 1.29. The summed E-state index contributed by atoms with van der Waals surface area (Å²) in [5.74, 6) is -3.02. The van der Waals surface area contributed by atoms with Crippen LogP contribution in [0.25, 0.3) is 0 Å². The standard InChI is InChI=1S/C13H9F4N/c1-18(12-4-8(14)2-9(15)5-12)13-6-10(16)3-11(17)7-13/h2-7H,1H3. The van der Waals surface area contributed by atoms with Crippen LogP contribution in [0.3, 0.4) is 0 Å². The maximum atomic E-state index is 13.0. The van der Waals surface area contributed by atoms with Gasteiger partial charge in [-0.25, -0.2) is 17.6 Å². The van der Waals surface area contributed by atoms with Crippen molar-refractivity contribution in [1.82, 2.24) is 0 Å². The molecule has 0 unspecified atom stereocenters. The largest absolute Gasteiger partial charge is 0.344 e. The van der Waals surface area contributed by atoms with Gasteiger partial charge in [0.15, 0.2) is 0 Å². The van der Waals surface area contributed by atoms with Crippen molar-refractivity contribution in [2.45, 2.75) is 0 Å². The zero-order chi connectivity index (χ0) is 13.3. The molecule has 0 aliphatic carbocycles. The van der Waals surface area contributed by atoms with Crippen molar-refractivity contribution in [3.63, 3.8) is 0 Å². The van der Waals surface area contributed by atoms with E-state index < -0.39 is 23.3 Å². The van der Waals surface area contributed by atoms with Gasteiger partial charge in [0, 0.05) is 30.6 Å². The van der Waals surface area contributed by atoms with E-state index in [0.29, 0.717) is 0 Å². The number of hydrogen-bond acceptors (Lipinski definition) is 1. The van der Waals surface area contributed by atoms with Gasteiger partial charge < -0.3 is 4.90 Å². The van der Waals surface area contributed by atoms with Crippen LogP contribution < -0.4 is 4.90 Å². The highest BCUT2D eigenvalue weighted by molar-refractivity contribution is 5.62. The Labute approximate surface area is 101 Å².